The van der Waals surface area contributed by atoms with Crippen molar-refractivity contribution in [3.8, 4) is 0 Å². The molecule has 0 atom stereocenters. The Labute approximate surface area is 124 Å². The predicted molar refractivity (Wildman–Crippen MR) is 82.6 cm³/mol. The molecule has 1 fully saturated rings. The first kappa shape index (κ1) is 13.8. The van der Waals surface area contributed by atoms with Gasteiger partial charge in [-0.25, -0.2) is 4.98 Å². The topological polar surface area (TPSA) is 33.1 Å². The minimum absolute atomic E-state index is 0.784. The largest absolute Gasteiger partial charge is 0.337 e. The highest BCUT2D eigenvalue weighted by Gasteiger charge is 2.20. The van der Waals surface area contributed by atoms with Crippen LogP contribution in [0.15, 0.2) is 24.5 Å². The molecule has 0 spiro atoms. The molecule has 2 heterocycles. The van der Waals surface area contributed by atoms with Gasteiger partial charge in [0.15, 0.2) is 0 Å². The smallest absolute Gasteiger partial charge is 0.122 e. The summed E-state index contributed by atoms with van der Waals surface area (Å²) in [7, 11) is 4.19. The Hall–Kier alpha value is -1.17. The van der Waals surface area contributed by atoms with Crippen LogP contribution in [0.4, 0.5) is 0 Å². The van der Waals surface area contributed by atoms with Gasteiger partial charge in [0.05, 0.1) is 6.54 Å². The summed E-state index contributed by atoms with van der Waals surface area (Å²) in [5.74, 6) is 1.11. The Kier molecular flexibility index (Phi) is 4.19. The van der Waals surface area contributed by atoms with Crippen molar-refractivity contribution < 1.29 is 0 Å². The van der Waals surface area contributed by atoms with E-state index in [2.05, 4.69) is 38.9 Å². The quantitative estimate of drug-likeness (QED) is 0.850. The van der Waals surface area contributed by atoms with Crippen molar-refractivity contribution in [2.45, 2.75) is 38.5 Å². The number of rotatable bonds is 7. The fraction of sp³-hybridized carbons (Fsp3) is 0.533. The van der Waals surface area contributed by atoms with E-state index < -0.39 is 0 Å². The highest BCUT2D eigenvalue weighted by atomic mass is 32.1. The molecule has 0 aliphatic heterocycles. The van der Waals surface area contributed by atoms with Crippen LogP contribution in [0, 0.1) is 0 Å². The van der Waals surface area contributed by atoms with Gasteiger partial charge in [0, 0.05) is 48.3 Å². The molecule has 1 N–H and O–H groups in total. The van der Waals surface area contributed by atoms with Gasteiger partial charge in [0.1, 0.15) is 5.82 Å². The summed E-state index contributed by atoms with van der Waals surface area (Å²) < 4.78 is 2.08. The average molecular weight is 290 g/mol. The van der Waals surface area contributed by atoms with E-state index in [-0.39, 0.29) is 0 Å². The molecule has 0 amide bonds. The van der Waals surface area contributed by atoms with Crippen LogP contribution in [0.1, 0.15) is 28.4 Å². The first-order valence-electron chi connectivity index (χ1n) is 7.16. The lowest BCUT2D eigenvalue weighted by Crippen LogP contribution is -2.18. The van der Waals surface area contributed by atoms with Crippen LogP contribution in [0.5, 0.6) is 0 Å². The standard InChI is InChI=1S/C15H22N4S/c1-18(11-15-16-7-8-19(15)2)10-14-6-5-13(20-14)9-17-12-3-4-12/h5-8,12,17H,3-4,9-11H2,1-2H3. The molecule has 108 valence electrons. The highest BCUT2D eigenvalue weighted by molar-refractivity contribution is 7.11. The summed E-state index contributed by atoms with van der Waals surface area (Å²) in [5.41, 5.74) is 0. The molecule has 0 saturated heterocycles. The van der Waals surface area contributed by atoms with Crippen molar-refractivity contribution in [1.29, 1.82) is 0 Å². The molecule has 3 rings (SSSR count). The fourth-order valence-electron chi connectivity index (χ4n) is 2.25. The number of hydrogen-bond acceptors (Lipinski definition) is 4. The molecule has 20 heavy (non-hydrogen) atoms. The number of aryl methyl sites for hydroxylation is 1. The molecule has 0 aromatic carbocycles. The van der Waals surface area contributed by atoms with Crippen molar-refractivity contribution in [2.24, 2.45) is 7.05 Å². The molecule has 0 unspecified atom stereocenters. The molecule has 1 aliphatic rings. The zero-order valence-electron chi connectivity index (χ0n) is 12.2. The minimum Gasteiger partial charge on any atom is -0.337 e. The Balaban J connectivity index is 1.50. The van der Waals surface area contributed by atoms with Crippen LogP contribution in [-0.4, -0.2) is 27.5 Å². The first-order valence-corrected chi connectivity index (χ1v) is 7.98. The SMILES string of the molecule is CN(Cc1ccc(CNC2CC2)s1)Cc1nccn1C. The Morgan fingerprint density at radius 3 is 2.85 bits per heavy atom. The van der Waals surface area contributed by atoms with Crippen LogP contribution in [0.25, 0.3) is 0 Å². The normalized spacial score (nSPS) is 15.2. The van der Waals surface area contributed by atoms with E-state index in [0.717, 1.165) is 31.5 Å². The van der Waals surface area contributed by atoms with E-state index >= 15 is 0 Å². The number of thiophene rings is 1. The summed E-state index contributed by atoms with van der Waals surface area (Å²) in [6.45, 7) is 2.90. The van der Waals surface area contributed by atoms with E-state index in [9.17, 15) is 0 Å². The van der Waals surface area contributed by atoms with E-state index in [1.807, 2.05) is 30.8 Å². The van der Waals surface area contributed by atoms with Crippen molar-refractivity contribution in [1.82, 2.24) is 19.8 Å². The van der Waals surface area contributed by atoms with E-state index in [1.54, 1.807) is 0 Å². The summed E-state index contributed by atoms with van der Waals surface area (Å²) in [5, 5.41) is 3.57. The maximum atomic E-state index is 4.37. The van der Waals surface area contributed by atoms with Gasteiger partial charge in [-0.05, 0) is 32.0 Å². The third kappa shape index (κ3) is 3.69. The van der Waals surface area contributed by atoms with Gasteiger partial charge in [-0.3, -0.25) is 4.90 Å². The van der Waals surface area contributed by atoms with Crippen LogP contribution in [0.2, 0.25) is 0 Å². The molecular formula is C15H22N4S. The Morgan fingerprint density at radius 1 is 1.35 bits per heavy atom. The van der Waals surface area contributed by atoms with Gasteiger partial charge in [-0.1, -0.05) is 0 Å². The summed E-state index contributed by atoms with van der Waals surface area (Å²) in [4.78, 5) is 9.55. The summed E-state index contributed by atoms with van der Waals surface area (Å²) >= 11 is 1.92. The number of nitrogens with one attached hydrogen (secondary N) is 1. The van der Waals surface area contributed by atoms with Crippen molar-refractivity contribution >= 4 is 11.3 Å². The van der Waals surface area contributed by atoms with Gasteiger partial charge < -0.3 is 9.88 Å². The van der Waals surface area contributed by atoms with Gasteiger partial charge in [-0.2, -0.15) is 0 Å². The second-order valence-electron chi connectivity index (χ2n) is 5.65. The zero-order chi connectivity index (χ0) is 13.9. The molecule has 5 heteroatoms. The lowest BCUT2D eigenvalue weighted by molar-refractivity contribution is 0.310. The summed E-state index contributed by atoms with van der Waals surface area (Å²) in [6, 6.07) is 5.29. The van der Waals surface area contributed by atoms with Crippen LogP contribution < -0.4 is 5.32 Å². The lowest BCUT2D eigenvalue weighted by atomic mass is 10.4. The number of aromatic nitrogens is 2. The Bertz CT molecular complexity index is 556. The fourth-order valence-corrected chi connectivity index (χ4v) is 3.30. The first-order chi connectivity index (χ1) is 9.70. The number of imidazole rings is 1. The van der Waals surface area contributed by atoms with Crippen LogP contribution >= 0.6 is 11.3 Å². The van der Waals surface area contributed by atoms with Crippen molar-refractivity contribution in [3.63, 3.8) is 0 Å². The van der Waals surface area contributed by atoms with E-state index in [0.29, 0.717) is 0 Å². The van der Waals surface area contributed by atoms with Gasteiger partial charge in [-0.15, -0.1) is 11.3 Å². The highest BCUT2D eigenvalue weighted by Crippen LogP contribution is 2.22. The molecule has 2 aromatic heterocycles. The molecule has 0 bridgehead atoms. The predicted octanol–water partition coefficient (Wildman–Crippen LogP) is 2.37. The van der Waals surface area contributed by atoms with Gasteiger partial charge in [0.25, 0.3) is 0 Å². The summed E-state index contributed by atoms with van der Waals surface area (Å²) in [6.07, 6.45) is 6.56. The number of hydrogen-bond donors (Lipinski definition) is 1. The number of nitrogens with zero attached hydrogens (tertiary/aromatic N) is 3. The monoisotopic (exact) mass is 290 g/mol. The van der Waals surface area contributed by atoms with Crippen LogP contribution in [0.3, 0.4) is 0 Å². The van der Waals surface area contributed by atoms with E-state index in [4.69, 9.17) is 0 Å². The maximum absolute atomic E-state index is 4.37. The van der Waals surface area contributed by atoms with Crippen molar-refractivity contribution in [2.75, 3.05) is 7.05 Å². The lowest BCUT2D eigenvalue weighted by Gasteiger charge is -2.15. The maximum Gasteiger partial charge on any atom is 0.122 e. The molecule has 1 aliphatic carbocycles. The van der Waals surface area contributed by atoms with Crippen LogP contribution in [-0.2, 0) is 26.7 Å². The second-order valence-corrected chi connectivity index (χ2v) is 6.90. The molecular weight excluding hydrogens is 268 g/mol. The third-order valence-corrected chi connectivity index (χ3v) is 4.69. The third-order valence-electron chi connectivity index (χ3n) is 3.62. The minimum atomic E-state index is 0.784. The van der Waals surface area contributed by atoms with Gasteiger partial charge >= 0.3 is 0 Å². The average Bonchev–Trinajstić information content (AvgIpc) is 3.02. The molecule has 1 saturated carbocycles. The molecule has 4 nitrogen and oxygen atoms in total. The van der Waals surface area contributed by atoms with Gasteiger partial charge in [0.2, 0.25) is 0 Å². The Morgan fingerprint density at radius 2 is 2.15 bits per heavy atom. The van der Waals surface area contributed by atoms with Crippen molar-refractivity contribution in [3.05, 3.63) is 40.1 Å². The van der Waals surface area contributed by atoms with E-state index in [1.165, 1.54) is 22.6 Å². The zero-order valence-corrected chi connectivity index (χ0v) is 13.0. The molecule has 2 aromatic rings. The molecule has 0 radical (unpaired) electrons. The second kappa shape index (κ2) is 6.08.